The lowest BCUT2D eigenvalue weighted by atomic mass is 9.98. The third-order valence-corrected chi connectivity index (χ3v) is 3.37. The second-order valence-electron chi connectivity index (χ2n) is 4.26. The molecule has 1 atom stereocenters. The lowest BCUT2D eigenvalue weighted by Crippen LogP contribution is -2.13. The van der Waals surface area contributed by atoms with Crippen molar-refractivity contribution in [3.8, 4) is 11.5 Å². The number of methoxy groups -OCH3 is 2. The molecular weight excluding hydrogens is 281 g/mol. The Bertz CT molecular complexity index is 619. The van der Waals surface area contributed by atoms with Gasteiger partial charge in [0.05, 0.1) is 25.3 Å². The monoisotopic (exact) mass is 295 g/mol. The number of halogens is 2. The fraction of sp³-hybridized carbons (Fsp3) is 0.200. The van der Waals surface area contributed by atoms with E-state index in [1.807, 2.05) is 6.07 Å². The van der Waals surface area contributed by atoms with Crippen LogP contribution in [0.3, 0.4) is 0 Å². The zero-order valence-electron chi connectivity index (χ0n) is 11.2. The van der Waals surface area contributed by atoms with E-state index in [1.165, 1.54) is 12.1 Å². The van der Waals surface area contributed by atoms with Gasteiger partial charge >= 0.3 is 0 Å². The van der Waals surface area contributed by atoms with Crippen LogP contribution in [-0.4, -0.2) is 14.2 Å². The summed E-state index contributed by atoms with van der Waals surface area (Å²) in [5.74, 6) is 0.816. The minimum absolute atomic E-state index is 0.0467. The summed E-state index contributed by atoms with van der Waals surface area (Å²) in [4.78, 5) is 0. The topological polar surface area (TPSA) is 44.5 Å². The molecule has 0 spiro atoms. The Hall–Kier alpha value is -1.78. The van der Waals surface area contributed by atoms with E-state index in [0.29, 0.717) is 17.1 Å². The molecule has 2 aromatic rings. The number of nitrogens with two attached hydrogens (primary N) is 1. The van der Waals surface area contributed by atoms with Crippen molar-refractivity contribution in [3.05, 3.63) is 58.4 Å². The highest BCUT2D eigenvalue weighted by atomic mass is 35.5. The molecule has 0 aliphatic heterocycles. The van der Waals surface area contributed by atoms with Crippen molar-refractivity contribution in [1.29, 1.82) is 0 Å². The van der Waals surface area contributed by atoms with E-state index in [4.69, 9.17) is 26.8 Å². The predicted octanol–water partition coefficient (Wildman–Crippen LogP) is 3.54. The van der Waals surface area contributed by atoms with Gasteiger partial charge in [-0.3, -0.25) is 0 Å². The van der Waals surface area contributed by atoms with Crippen LogP contribution in [0.15, 0.2) is 36.4 Å². The zero-order valence-corrected chi connectivity index (χ0v) is 11.9. The fourth-order valence-corrected chi connectivity index (χ4v) is 2.15. The fourth-order valence-electron chi connectivity index (χ4n) is 1.96. The minimum Gasteiger partial charge on any atom is -0.497 e. The molecule has 0 aliphatic carbocycles. The van der Waals surface area contributed by atoms with Crippen LogP contribution in [-0.2, 0) is 0 Å². The van der Waals surface area contributed by atoms with Gasteiger partial charge in [0.2, 0.25) is 0 Å². The second kappa shape index (κ2) is 6.11. The van der Waals surface area contributed by atoms with Gasteiger partial charge in [-0.1, -0.05) is 17.7 Å². The molecule has 0 bridgehead atoms. The molecule has 2 rings (SSSR count). The highest BCUT2D eigenvalue weighted by Crippen LogP contribution is 2.32. The number of benzene rings is 2. The van der Waals surface area contributed by atoms with Gasteiger partial charge in [-0.2, -0.15) is 0 Å². The van der Waals surface area contributed by atoms with E-state index >= 15 is 0 Å². The molecule has 0 heterocycles. The van der Waals surface area contributed by atoms with Crippen LogP contribution in [0.5, 0.6) is 11.5 Å². The molecule has 0 saturated heterocycles. The zero-order chi connectivity index (χ0) is 14.7. The highest BCUT2D eigenvalue weighted by molar-refractivity contribution is 6.30. The molecule has 0 aliphatic rings. The average Bonchev–Trinajstić information content (AvgIpc) is 2.48. The Morgan fingerprint density at radius 2 is 1.85 bits per heavy atom. The largest absolute Gasteiger partial charge is 0.497 e. The Kier molecular flexibility index (Phi) is 4.47. The van der Waals surface area contributed by atoms with Crippen LogP contribution >= 0.6 is 11.6 Å². The summed E-state index contributed by atoms with van der Waals surface area (Å²) in [6.45, 7) is 0. The van der Waals surface area contributed by atoms with E-state index in [1.54, 1.807) is 32.4 Å². The SMILES string of the molecule is COc1ccc(C(N)c2ccc(F)c(Cl)c2)c(OC)c1. The third-order valence-electron chi connectivity index (χ3n) is 3.08. The quantitative estimate of drug-likeness (QED) is 0.938. The predicted molar refractivity (Wildman–Crippen MR) is 77.0 cm³/mol. The van der Waals surface area contributed by atoms with Crippen LogP contribution < -0.4 is 15.2 Å². The molecule has 0 saturated carbocycles. The maximum atomic E-state index is 13.2. The Labute approximate surface area is 122 Å². The summed E-state index contributed by atoms with van der Waals surface area (Å²) in [6, 6.07) is 9.32. The number of hydrogen-bond acceptors (Lipinski definition) is 3. The van der Waals surface area contributed by atoms with E-state index in [-0.39, 0.29) is 5.02 Å². The van der Waals surface area contributed by atoms with E-state index in [9.17, 15) is 4.39 Å². The first-order valence-corrected chi connectivity index (χ1v) is 6.37. The summed E-state index contributed by atoms with van der Waals surface area (Å²) in [6.07, 6.45) is 0. The first-order chi connectivity index (χ1) is 9.56. The Balaban J connectivity index is 2.41. The van der Waals surface area contributed by atoms with Gasteiger partial charge in [-0.25, -0.2) is 4.39 Å². The van der Waals surface area contributed by atoms with Gasteiger partial charge in [0.15, 0.2) is 0 Å². The van der Waals surface area contributed by atoms with E-state index in [2.05, 4.69) is 0 Å². The van der Waals surface area contributed by atoms with E-state index < -0.39 is 11.9 Å². The molecule has 5 heteroatoms. The average molecular weight is 296 g/mol. The van der Waals surface area contributed by atoms with Gasteiger partial charge < -0.3 is 15.2 Å². The van der Waals surface area contributed by atoms with Crippen molar-refractivity contribution in [1.82, 2.24) is 0 Å². The molecule has 0 fully saturated rings. The molecule has 0 amide bonds. The van der Waals surface area contributed by atoms with Crippen LogP contribution in [0.4, 0.5) is 4.39 Å². The summed E-state index contributed by atoms with van der Waals surface area (Å²) in [7, 11) is 3.14. The Morgan fingerprint density at radius 3 is 2.45 bits per heavy atom. The maximum absolute atomic E-state index is 13.2. The molecule has 2 N–H and O–H groups in total. The molecular formula is C15H15ClFNO2. The summed E-state index contributed by atoms with van der Waals surface area (Å²) in [5, 5.41) is 0.0467. The molecule has 2 aromatic carbocycles. The molecule has 0 aromatic heterocycles. The first kappa shape index (κ1) is 14.6. The lowest BCUT2D eigenvalue weighted by Gasteiger charge is -2.17. The van der Waals surface area contributed by atoms with Gasteiger partial charge in [0, 0.05) is 11.6 Å². The van der Waals surface area contributed by atoms with Gasteiger partial charge in [-0.15, -0.1) is 0 Å². The van der Waals surface area contributed by atoms with Crippen molar-refractivity contribution in [2.45, 2.75) is 6.04 Å². The maximum Gasteiger partial charge on any atom is 0.141 e. The van der Waals surface area contributed by atoms with Crippen LogP contribution in [0.25, 0.3) is 0 Å². The van der Waals surface area contributed by atoms with Gasteiger partial charge in [0.1, 0.15) is 17.3 Å². The van der Waals surface area contributed by atoms with Crippen molar-refractivity contribution >= 4 is 11.6 Å². The lowest BCUT2D eigenvalue weighted by molar-refractivity contribution is 0.390. The highest BCUT2D eigenvalue weighted by Gasteiger charge is 2.16. The molecule has 0 radical (unpaired) electrons. The van der Waals surface area contributed by atoms with Crippen LogP contribution in [0, 0.1) is 5.82 Å². The van der Waals surface area contributed by atoms with Crippen molar-refractivity contribution in [2.24, 2.45) is 5.73 Å². The van der Waals surface area contributed by atoms with Gasteiger partial charge in [-0.05, 0) is 29.8 Å². The Morgan fingerprint density at radius 1 is 1.10 bits per heavy atom. The third kappa shape index (κ3) is 2.86. The second-order valence-corrected chi connectivity index (χ2v) is 4.67. The van der Waals surface area contributed by atoms with Crippen LogP contribution in [0.2, 0.25) is 5.02 Å². The summed E-state index contributed by atoms with van der Waals surface area (Å²) in [5.41, 5.74) is 7.68. The van der Waals surface area contributed by atoms with E-state index in [0.717, 1.165) is 5.56 Å². The molecule has 3 nitrogen and oxygen atoms in total. The van der Waals surface area contributed by atoms with Crippen molar-refractivity contribution in [2.75, 3.05) is 14.2 Å². The summed E-state index contributed by atoms with van der Waals surface area (Å²) < 4.78 is 23.7. The normalized spacial score (nSPS) is 12.1. The molecule has 1 unspecified atom stereocenters. The standard InChI is InChI=1S/C15H15ClFNO2/c1-19-10-4-5-11(14(8-10)20-2)15(18)9-3-6-13(17)12(16)7-9/h3-8,15H,18H2,1-2H3. The minimum atomic E-state index is -0.468. The number of ether oxygens (including phenoxy) is 2. The first-order valence-electron chi connectivity index (χ1n) is 5.99. The number of hydrogen-bond donors (Lipinski definition) is 1. The van der Waals surface area contributed by atoms with Crippen LogP contribution in [0.1, 0.15) is 17.2 Å². The summed E-state index contributed by atoms with van der Waals surface area (Å²) >= 11 is 5.78. The molecule has 106 valence electrons. The number of rotatable bonds is 4. The van der Waals surface area contributed by atoms with Crippen molar-refractivity contribution < 1.29 is 13.9 Å². The van der Waals surface area contributed by atoms with Crippen molar-refractivity contribution in [3.63, 3.8) is 0 Å². The smallest absolute Gasteiger partial charge is 0.141 e. The van der Waals surface area contributed by atoms with Gasteiger partial charge in [0.25, 0.3) is 0 Å². The molecule has 20 heavy (non-hydrogen) atoms.